The Morgan fingerprint density at radius 3 is 2.27 bits per heavy atom. The molecule has 4 heteroatoms. The molecule has 0 bridgehead atoms. The van der Waals surface area contributed by atoms with E-state index < -0.39 is 14.5 Å². The van der Waals surface area contributed by atoms with E-state index in [2.05, 4.69) is 0 Å². The average Bonchev–Trinajstić information content (AvgIpc) is 1.79. The minimum atomic E-state index is -1.74. The first-order valence-electron chi connectivity index (χ1n) is 3.81. The number of carbonyl (C=O) groups is 1. The lowest BCUT2D eigenvalue weighted by Gasteiger charge is -2.16. The second-order valence-electron chi connectivity index (χ2n) is 3.31. The summed E-state index contributed by atoms with van der Waals surface area (Å²) in [5.41, 5.74) is 0. The molecule has 0 aromatic rings. The first kappa shape index (κ1) is 10.5. The molecule has 66 valence electrons. The first-order chi connectivity index (χ1) is 4.95. The molecule has 0 saturated heterocycles. The molecule has 0 unspecified atom stereocenters. The summed E-state index contributed by atoms with van der Waals surface area (Å²) in [6, 6.07) is 0. The number of hydrogen-bond acceptors (Lipinski definition) is 3. The lowest BCUT2D eigenvalue weighted by Crippen LogP contribution is -2.29. The normalized spacial score (nSPS) is 10.9. The van der Waals surface area contributed by atoms with E-state index >= 15 is 0 Å². The Hall–Kier alpha value is -0.513. The molecule has 0 amide bonds. The van der Waals surface area contributed by atoms with Crippen LogP contribution in [0.4, 0.5) is 4.79 Å². The van der Waals surface area contributed by atoms with Gasteiger partial charge in [-0.3, -0.25) is 0 Å². The zero-order valence-corrected chi connectivity index (χ0v) is 8.64. The van der Waals surface area contributed by atoms with Gasteiger partial charge < -0.3 is 9.16 Å². The van der Waals surface area contributed by atoms with E-state index in [1.165, 1.54) is 0 Å². The maximum atomic E-state index is 10.8. The fraction of sp³-hybridized carbons (Fsp3) is 0.857. The van der Waals surface area contributed by atoms with E-state index in [0.29, 0.717) is 6.61 Å². The molecule has 0 aliphatic rings. The van der Waals surface area contributed by atoms with Crippen LogP contribution in [-0.2, 0) is 9.16 Å². The van der Waals surface area contributed by atoms with Crippen molar-refractivity contribution in [1.29, 1.82) is 0 Å². The molecular formula is C7H16O3Si. The van der Waals surface area contributed by atoms with Gasteiger partial charge in [0.05, 0.1) is 6.61 Å². The number of rotatable bonds is 3. The average molecular weight is 176 g/mol. The Balaban J connectivity index is 3.53. The summed E-state index contributed by atoms with van der Waals surface area (Å²) in [5.74, 6) is 0. The Kier molecular flexibility index (Phi) is 4.18. The van der Waals surface area contributed by atoms with Gasteiger partial charge in [0.15, 0.2) is 0 Å². The fourth-order valence-electron chi connectivity index (χ4n) is 0.465. The molecule has 11 heavy (non-hydrogen) atoms. The predicted molar refractivity (Wildman–Crippen MR) is 46.1 cm³/mol. The summed E-state index contributed by atoms with van der Waals surface area (Å²) in [7, 11) is -1.74. The predicted octanol–water partition coefficient (Wildman–Crippen LogP) is 2.38. The van der Waals surface area contributed by atoms with Crippen molar-refractivity contribution in [1.82, 2.24) is 0 Å². The maximum absolute atomic E-state index is 10.8. The van der Waals surface area contributed by atoms with Crippen LogP contribution in [0.25, 0.3) is 0 Å². The van der Waals surface area contributed by atoms with Gasteiger partial charge in [-0.05, 0) is 26.1 Å². The van der Waals surface area contributed by atoms with Crippen LogP contribution in [0.2, 0.25) is 19.6 Å². The molecule has 0 aromatic carbocycles. The third kappa shape index (κ3) is 7.38. The van der Waals surface area contributed by atoms with Gasteiger partial charge in [-0.1, -0.05) is 6.92 Å². The van der Waals surface area contributed by atoms with E-state index in [1.54, 1.807) is 0 Å². The SMILES string of the molecule is CCCOC(=O)O[Si](C)(C)C. The van der Waals surface area contributed by atoms with Crippen molar-refractivity contribution >= 4 is 14.5 Å². The van der Waals surface area contributed by atoms with E-state index in [1.807, 2.05) is 26.6 Å². The summed E-state index contributed by atoms with van der Waals surface area (Å²) in [4.78, 5) is 10.8. The standard InChI is InChI=1S/C7H16O3Si/c1-5-6-9-7(8)10-11(2,3)4/h5-6H2,1-4H3. The van der Waals surface area contributed by atoms with E-state index in [0.717, 1.165) is 6.42 Å². The van der Waals surface area contributed by atoms with Gasteiger partial charge in [0.25, 0.3) is 8.32 Å². The quantitative estimate of drug-likeness (QED) is 0.489. The third-order valence-electron chi connectivity index (χ3n) is 0.814. The van der Waals surface area contributed by atoms with Crippen molar-refractivity contribution in [2.24, 2.45) is 0 Å². The van der Waals surface area contributed by atoms with Crippen molar-refractivity contribution in [3.05, 3.63) is 0 Å². The Morgan fingerprint density at radius 1 is 1.36 bits per heavy atom. The van der Waals surface area contributed by atoms with Gasteiger partial charge in [-0.15, -0.1) is 0 Å². The highest BCUT2D eigenvalue weighted by Gasteiger charge is 2.20. The molecule has 0 rings (SSSR count). The van der Waals surface area contributed by atoms with Crippen molar-refractivity contribution < 1.29 is 14.0 Å². The first-order valence-corrected chi connectivity index (χ1v) is 7.22. The maximum Gasteiger partial charge on any atom is 0.494 e. The minimum absolute atomic E-state index is 0.448. The van der Waals surface area contributed by atoms with Crippen LogP contribution in [0.5, 0.6) is 0 Å². The van der Waals surface area contributed by atoms with Crippen LogP contribution < -0.4 is 0 Å². The fourth-order valence-corrected chi connectivity index (χ4v) is 1.02. The second-order valence-corrected chi connectivity index (χ2v) is 7.74. The Morgan fingerprint density at radius 2 is 1.91 bits per heavy atom. The summed E-state index contributed by atoms with van der Waals surface area (Å²) in [6.45, 7) is 8.23. The molecule has 0 saturated carbocycles. The Bertz CT molecular complexity index is 128. The highest BCUT2D eigenvalue weighted by molar-refractivity contribution is 6.71. The second kappa shape index (κ2) is 4.38. The zero-order chi connectivity index (χ0) is 8.91. The smallest absolute Gasteiger partial charge is 0.490 e. The molecule has 0 radical (unpaired) electrons. The Labute approximate surface area is 68.8 Å². The molecule has 0 aromatic heterocycles. The van der Waals surface area contributed by atoms with E-state index in [9.17, 15) is 4.79 Å². The largest absolute Gasteiger partial charge is 0.494 e. The summed E-state index contributed by atoms with van der Waals surface area (Å²) in [6.07, 6.45) is 0.312. The highest BCUT2D eigenvalue weighted by Crippen LogP contribution is 2.04. The van der Waals surface area contributed by atoms with E-state index in [4.69, 9.17) is 9.16 Å². The van der Waals surface area contributed by atoms with Crippen molar-refractivity contribution in [2.45, 2.75) is 33.0 Å². The van der Waals surface area contributed by atoms with Crippen LogP contribution >= 0.6 is 0 Å². The van der Waals surface area contributed by atoms with Gasteiger partial charge >= 0.3 is 6.16 Å². The molecule has 0 atom stereocenters. The molecule has 0 aliphatic carbocycles. The van der Waals surface area contributed by atoms with Gasteiger partial charge in [-0.2, -0.15) is 0 Å². The topological polar surface area (TPSA) is 35.5 Å². The van der Waals surface area contributed by atoms with Crippen LogP contribution in [0.3, 0.4) is 0 Å². The summed E-state index contributed by atoms with van der Waals surface area (Å²) < 4.78 is 9.76. The summed E-state index contributed by atoms with van der Waals surface area (Å²) >= 11 is 0. The number of carbonyl (C=O) groups excluding carboxylic acids is 1. The van der Waals surface area contributed by atoms with Gasteiger partial charge in [0.2, 0.25) is 0 Å². The van der Waals surface area contributed by atoms with Crippen LogP contribution in [0.1, 0.15) is 13.3 Å². The number of hydrogen-bond donors (Lipinski definition) is 0. The zero-order valence-electron chi connectivity index (χ0n) is 7.64. The lowest BCUT2D eigenvalue weighted by molar-refractivity contribution is 0.0971. The lowest BCUT2D eigenvalue weighted by atomic mass is 10.5. The molecule has 0 fully saturated rings. The van der Waals surface area contributed by atoms with Gasteiger partial charge in [-0.25, -0.2) is 4.79 Å². The van der Waals surface area contributed by atoms with Crippen LogP contribution in [0, 0.1) is 0 Å². The van der Waals surface area contributed by atoms with E-state index in [-0.39, 0.29) is 0 Å². The molecule has 3 nitrogen and oxygen atoms in total. The van der Waals surface area contributed by atoms with Crippen LogP contribution in [0.15, 0.2) is 0 Å². The highest BCUT2D eigenvalue weighted by atomic mass is 28.4. The third-order valence-corrected chi connectivity index (χ3v) is 1.59. The van der Waals surface area contributed by atoms with Crippen molar-refractivity contribution in [3.8, 4) is 0 Å². The monoisotopic (exact) mass is 176 g/mol. The van der Waals surface area contributed by atoms with Crippen molar-refractivity contribution in [2.75, 3.05) is 6.61 Å². The molecular weight excluding hydrogens is 160 g/mol. The number of ether oxygens (including phenoxy) is 1. The molecule has 0 heterocycles. The minimum Gasteiger partial charge on any atom is -0.490 e. The molecule has 0 N–H and O–H groups in total. The van der Waals surface area contributed by atoms with Gasteiger partial charge in [0, 0.05) is 0 Å². The van der Waals surface area contributed by atoms with Crippen LogP contribution in [-0.4, -0.2) is 21.1 Å². The van der Waals surface area contributed by atoms with Crippen molar-refractivity contribution in [3.63, 3.8) is 0 Å². The van der Waals surface area contributed by atoms with Gasteiger partial charge in [0.1, 0.15) is 0 Å². The molecule has 0 aliphatic heterocycles. The summed E-state index contributed by atoms with van der Waals surface area (Å²) in [5, 5.41) is 0. The molecule has 0 spiro atoms.